The minimum absolute atomic E-state index is 0.215. The van der Waals surface area contributed by atoms with E-state index in [9.17, 15) is 5.11 Å². The molecule has 1 N–H and O–H groups in total. The first kappa shape index (κ1) is 10.3. The Bertz CT molecular complexity index is 169. The van der Waals surface area contributed by atoms with E-state index in [0.29, 0.717) is 0 Å². The molecule has 0 unspecified atom stereocenters. The fourth-order valence-corrected chi connectivity index (χ4v) is 2.45. The summed E-state index contributed by atoms with van der Waals surface area (Å²) >= 11 is 6.20. The summed E-state index contributed by atoms with van der Waals surface area (Å²) in [6.07, 6.45) is 1.70. The van der Waals surface area contributed by atoms with Crippen LogP contribution in [0.3, 0.4) is 0 Å². The van der Waals surface area contributed by atoms with Crippen LogP contribution in [0.15, 0.2) is 0 Å². The van der Waals surface area contributed by atoms with Crippen LogP contribution in [0.4, 0.5) is 0 Å². The summed E-state index contributed by atoms with van der Waals surface area (Å²) in [4.78, 5) is -0.271. The first-order chi connectivity index (χ1) is 5.22. The fourth-order valence-electron chi connectivity index (χ4n) is 2.22. The molecule has 0 amide bonds. The molecule has 0 aromatic carbocycles. The summed E-state index contributed by atoms with van der Waals surface area (Å²) < 4.78 is 0. The number of halogens is 1. The van der Waals surface area contributed by atoms with E-state index in [4.69, 9.17) is 11.6 Å². The smallest absolute Gasteiger partial charge is 0.0590 e. The van der Waals surface area contributed by atoms with E-state index in [2.05, 4.69) is 13.8 Å². The van der Waals surface area contributed by atoms with Gasteiger partial charge in [-0.1, -0.05) is 13.8 Å². The van der Waals surface area contributed by atoms with Crippen molar-refractivity contribution in [1.82, 2.24) is 0 Å². The van der Waals surface area contributed by atoms with Crippen LogP contribution in [-0.4, -0.2) is 16.1 Å². The third-order valence-electron chi connectivity index (χ3n) is 2.88. The third kappa shape index (κ3) is 2.14. The minimum atomic E-state index is -0.271. The molecule has 0 aromatic rings. The lowest BCUT2D eigenvalue weighted by Crippen LogP contribution is -2.30. The minimum Gasteiger partial charge on any atom is -0.393 e. The predicted octanol–water partition coefficient (Wildman–Crippen LogP) is 2.80. The van der Waals surface area contributed by atoms with Gasteiger partial charge < -0.3 is 5.11 Å². The van der Waals surface area contributed by atoms with Crippen LogP contribution >= 0.6 is 11.6 Å². The molecule has 1 aliphatic rings. The molecule has 1 rings (SSSR count). The van der Waals surface area contributed by atoms with E-state index in [0.717, 1.165) is 12.8 Å². The number of hydrogen-bond acceptors (Lipinski definition) is 1. The van der Waals surface area contributed by atoms with Gasteiger partial charge in [0.05, 0.1) is 6.10 Å². The number of alkyl halides is 1. The Morgan fingerprint density at radius 2 is 1.83 bits per heavy atom. The zero-order valence-corrected chi connectivity index (χ0v) is 9.15. The maximum atomic E-state index is 9.78. The van der Waals surface area contributed by atoms with E-state index in [1.54, 1.807) is 0 Å². The van der Waals surface area contributed by atoms with Crippen molar-refractivity contribution < 1.29 is 5.11 Å². The summed E-state index contributed by atoms with van der Waals surface area (Å²) in [7, 11) is 0. The second kappa shape index (κ2) is 2.88. The molecular formula is C10H19ClO. The Hall–Kier alpha value is 0.250. The Kier molecular flexibility index (Phi) is 2.48. The number of aliphatic hydroxyl groups is 1. The van der Waals surface area contributed by atoms with Crippen molar-refractivity contribution in [3.8, 4) is 0 Å². The monoisotopic (exact) mass is 190 g/mol. The van der Waals surface area contributed by atoms with E-state index in [1.165, 1.54) is 0 Å². The SMILES string of the molecule is CC1(C)C[C@@H](O)[C@H](C(C)(C)Cl)C1. The normalized spacial score (nSPS) is 35.5. The lowest BCUT2D eigenvalue weighted by Gasteiger charge is -2.27. The second-order valence-corrected chi connectivity index (χ2v) is 6.28. The molecule has 72 valence electrons. The van der Waals surface area contributed by atoms with E-state index in [1.807, 2.05) is 13.8 Å². The number of hydrogen-bond donors (Lipinski definition) is 1. The average molecular weight is 191 g/mol. The molecule has 0 radical (unpaired) electrons. The van der Waals surface area contributed by atoms with Gasteiger partial charge in [0.25, 0.3) is 0 Å². The zero-order valence-electron chi connectivity index (χ0n) is 8.39. The van der Waals surface area contributed by atoms with E-state index >= 15 is 0 Å². The van der Waals surface area contributed by atoms with Gasteiger partial charge in [-0.05, 0) is 32.1 Å². The summed E-state index contributed by atoms with van der Waals surface area (Å²) in [6, 6.07) is 0. The van der Waals surface area contributed by atoms with Crippen molar-refractivity contribution in [3.05, 3.63) is 0 Å². The van der Waals surface area contributed by atoms with Crippen molar-refractivity contribution in [2.75, 3.05) is 0 Å². The Labute approximate surface area is 80.1 Å². The molecule has 12 heavy (non-hydrogen) atoms. The van der Waals surface area contributed by atoms with Crippen LogP contribution in [0.1, 0.15) is 40.5 Å². The first-order valence-corrected chi connectivity index (χ1v) is 4.97. The molecule has 1 nitrogen and oxygen atoms in total. The van der Waals surface area contributed by atoms with Gasteiger partial charge in [0.1, 0.15) is 0 Å². The molecule has 0 bridgehead atoms. The maximum absolute atomic E-state index is 9.78. The van der Waals surface area contributed by atoms with Crippen LogP contribution in [0.25, 0.3) is 0 Å². The predicted molar refractivity (Wildman–Crippen MR) is 52.4 cm³/mol. The Balaban J connectivity index is 2.71. The molecule has 0 saturated heterocycles. The lowest BCUT2D eigenvalue weighted by molar-refractivity contribution is 0.113. The maximum Gasteiger partial charge on any atom is 0.0590 e. The number of aliphatic hydroxyl groups excluding tert-OH is 1. The quantitative estimate of drug-likeness (QED) is 0.631. The summed E-state index contributed by atoms with van der Waals surface area (Å²) in [5, 5.41) is 9.78. The molecule has 0 aliphatic heterocycles. The van der Waals surface area contributed by atoms with Crippen LogP contribution in [-0.2, 0) is 0 Å². The van der Waals surface area contributed by atoms with Gasteiger partial charge in [-0.25, -0.2) is 0 Å². The van der Waals surface area contributed by atoms with E-state index in [-0.39, 0.29) is 22.3 Å². The molecule has 2 heteroatoms. The zero-order chi connectivity index (χ0) is 9.57. The van der Waals surface area contributed by atoms with Gasteiger partial charge in [-0.3, -0.25) is 0 Å². The van der Waals surface area contributed by atoms with Gasteiger partial charge in [-0.2, -0.15) is 0 Å². The van der Waals surface area contributed by atoms with E-state index < -0.39 is 0 Å². The van der Waals surface area contributed by atoms with Crippen LogP contribution in [0.2, 0.25) is 0 Å². The molecular weight excluding hydrogens is 172 g/mol. The molecule has 2 atom stereocenters. The first-order valence-electron chi connectivity index (χ1n) is 4.59. The molecule has 0 spiro atoms. The lowest BCUT2D eigenvalue weighted by atomic mass is 9.86. The van der Waals surface area contributed by atoms with Crippen molar-refractivity contribution in [2.24, 2.45) is 11.3 Å². The highest BCUT2D eigenvalue weighted by atomic mass is 35.5. The second-order valence-electron chi connectivity index (χ2n) is 5.31. The highest BCUT2D eigenvalue weighted by Crippen LogP contribution is 2.47. The molecule has 1 aliphatic carbocycles. The Morgan fingerprint density at radius 3 is 2.00 bits per heavy atom. The topological polar surface area (TPSA) is 20.2 Å². The largest absolute Gasteiger partial charge is 0.393 e. The molecule has 0 aromatic heterocycles. The average Bonchev–Trinajstić information content (AvgIpc) is 2.03. The fraction of sp³-hybridized carbons (Fsp3) is 1.00. The van der Waals surface area contributed by atoms with Crippen molar-refractivity contribution >= 4 is 11.6 Å². The van der Waals surface area contributed by atoms with Gasteiger partial charge in [0, 0.05) is 10.8 Å². The molecule has 0 heterocycles. The van der Waals surface area contributed by atoms with Crippen LogP contribution in [0, 0.1) is 11.3 Å². The van der Waals surface area contributed by atoms with Crippen LogP contribution in [0.5, 0.6) is 0 Å². The van der Waals surface area contributed by atoms with Crippen molar-refractivity contribution in [2.45, 2.75) is 51.5 Å². The molecule has 1 saturated carbocycles. The van der Waals surface area contributed by atoms with Crippen LogP contribution < -0.4 is 0 Å². The number of rotatable bonds is 1. The standard InChI is InChI=1S/C10H19ClO/c1-9(2)5-7(8(12)6-9)10(3,4)11/h7-8,12H,5-6H2,1-4H3/t7-,8-/m1/s1. The summed E-state index contributed by atoms with van der Waals surface area (Å²) in [5.74, 6) is 0.245. The Morgan fingerprint density at radius 1 is 1.33 bits per heavy atom. The van der Waals surface area contributed by atoms with Gasteiger partial charge in [-0.15, -0.1) is 11.6 Å². The van der Waals surface area contributed by atoms with Gasteiger partial charge in [0.2, 0.25) is 0 Å². The highest BCUT2D eigenvalue weighted by molar-refractivity contribution is 6.23. The van der Waals surface area contributed by atoms with Gasteiger partial charge in [0.15, 0.2) is 0 Å². The summed E-state index contributed by atoms with van der Waals surface area (Å²) in [6.45, 7) is 8.37. The van der Waals surface area contributed by atoms with Crippen molar-refractivity contribution in [3.63, 3.8) is 0 Å². The third-order valence-corrected chi connectivity index (χ3v) is 3.16. The summed E-state index contributed by atoms with van der Waals surface area (Å²) in [5.41, 5.74) is 0.260. The molecule has 1 fully saturated rings. The van der Waals surface area contributed by atoms with Gasteiger partial charge >= 0.3 is 0 Å². The highest BCUT2D eigenvalue weighted by Gasteiger charge is 2.44. The van der Waals surface area contributed by atoms with Crippen molar-refractivity contribution in [1.29, 1.82) is 0 Å².